The van der Waals surface area contributed by atoms with Gasteiger partial charge in [-0.3, -0.25) is 0 Å². The third-order valence-electron chi connectivity index (χ3n) is 3.76. The average Bonchev–Trinajstić information content (AvgIpc) is 2.60. The zero-order chi connectivity index (χ0) is 14.1. The summed E-state index contributed by atoms with van der Waals surface area (Å²) in [6.45, 7) is 7.38. The Balaban J connectivity index is 2.43. The van der Waals surface area contributed by atoms with Gasteiger partial charge in [-0.05, 0) is 23.1 Å². The van der Waals surface area contributed by atoms with Crippen LogP contribution in [0.4, 0.5) is 0 Å². The first-order chi connectivity index (χ1) is 8.88. The van der Waals surface area contributed by atoms with Gasteiger partial charge in [0.25, 0.3) is 0 Å². The molecule has 0 amide bonds. The van der Waals surface area contributed by atoms with E-state index in [1.54, 1.807) is 0 Å². The maximum absolute atomic E-state index is 10.9. The molecule has 1 aromatic rings. The van der Waals surface area contributed by atoms with Gasteiger partial charge in [0.15, 0.2) is 11.5 Å². The predicted molar refractivity (Wildman–Crippen MR) is 74.5 cm³/mol. The van der Waals surface area contributed by atoms with Gasteiger partial charge in [-0.15, -0.1) is 0 Å². The monoisotopic (exact) mass is 265 g/mol. The maximum Gasteiger partial charge on any atom is 0.161 e. The Kier molecular flexibility index (Phi) is 3.74. The van der Waals surface area contributed by atoms with Crippen LogP contribution in [0, 0.1) is 5.41 Å². The van der Waals surface area contributed by atoms with Crippen molar-refractivity contribution < 1.29 is 14.6 Å². The molecule has 0 radical (unpaired) electrons. The van der Waals surface area contributed by atoms with Crippen molar-refractivity contribution in [1.29, 1.82) is 0 Å². The van der Waals surface area contributed by atoms with E-state index < -0.39 is 5.60 Å². The summed E-state index contributed by atoms with van der Waals surface area (Å²) in [7, 11) is 0. The zero-order valence-electron chi connectivity index (χ0n) is 11.9. The summed E-state index contributed by atoms with van der Waals surface area (Å²) in [5.41, 5.74) is 5.14. The van der Waals surface area contributed by atoms with E-state index in [1.165, 1.54) is 0 Å². The highest BCUT2D eigenvalue weighted by Gasteiger charge is 2.41. The van der Waals surface area contributed by atoms with Crippen molar-refractivity contribution in [2.45, 2.75) is 32.8 Å². The lowest BCUT2D eigenvalue weighted by Gasteiger charge is -2.40. The molecule has 1 aromatic carbocycles. The topological polar surface area (TPSA) is 64.7 Å². The Morgan fingerprint density at radius 3 is 2.37 bits per heavy atom. The summed E-state index contributed by atoms with van der Waals surface area (Å²) in [5.74, 6) is 1.42. The number of aliphatic hydroxyl groups is 1. The molecule has 0 bridgehead atoms. The van der Waals surface area contributed by atoms with E-state index in [-0.39, 0.29) is 12.0 Å². The van der Waals surface area contributed by atoms with Crippen molar-refractivity contribution in [2.24, 2.45) is 11.1 Å². The number of hydrogen-bond acceptors (Lipinski definition) is 4. The first-order valence-corrected chi connectivity index (χ1v) is 6.71. The van der Waals surface area contributed by atoms with E-state index in [0.717, 1.165) is 17.7 Å². The van der Waals surface area contributed by atoms with Crippen molar-refractivity contribution in [2.75, 3.05) is 19.8 Å². The van der Waals surface area contributed by atoms with Crippen molar-refractivity contribution in [3.05, 3.63) is 23.8 Å². The quantitative estimate of drug-likeness (QED) is 0.859. The van der Waals surface area contributed by atoms with Crippen molar-refractivity contribution >= 4 is 0 Å². The molecule has 3 N–H and O–H groups in total. The molecule has 0 saturated carbocycles. The molecule has 1 aliphatic rings. The van der Waals surface area contributed by atoms with E-state index in [9.17, 15) is 5.11 Å². The lowest BCUT2D eigenvalue weighted by Crippen LogP contribution is -2.46. The SMILES string of the molecule is CC(C)(C)C(O)(CN)c1ccc2c(c1)OCCCO2. The van der Waals surface area contributed by atoms with Gasteiger partial charge in [-0.25, -0.2) is 0 Å². The highest BCUT2D eigenvalue weighted by Crippen LogP contribution is 2.41. The highest BCUT2D eigenvalue weighted by atomic mass is 16.5. The zero-order valence-corrected chi connectivity index (χ0v) is 11.9. The second-order valence-corrected chi connectivity index (χ2v) is 6.03. The third kappa shape index (κ3) is 2.55. The lowest BCUT2D eigenvalue weighted by molar-refractivity contribution is -0.0558. The van der Waals surface area contributed by atoms with Crippen LogP contribution in [0.15, 0.2) is 18.2 Å². The van der Waals surface area contributed by atoms with Gasteiger partial charge < -0.3 is 20.3 Å². The molecule has 106 valence electrons. The van der Waals surface area contributed by atoms with Crippen LogP contribution in [0.5, 0.6) is 11.5 Å². The Bertz CT molecular complexity index is 453. The highest BCUT2D eigenvalue weighted by molar-refractivity contribution is 5.45. The van der Waals surface area contributed by atoms with Crippen molar-refractivity contribution in [1.82, 2.24) is 0 Å². The maximum atomic E-state index is 10.9. The summed E-state index contributed by atoms with van der Waals surface area (Å²) in [6.07, 6.45) is 0.866. The fourth-order valence-electron chi connectivity index (χ4n) is 2.28. The summed E-state index contributed by atoms with van der Waals surface area (Å²) in [5, 5.41) is 10.9. The Morgan fingerprint density at radius 2 is 1.79 bits per heavy atom. The lowest BCUT2D eigenvalue weighted by atomic mass is 9.72. The van der Waals surface area contributed by atoms with Crippen molar-refractivity contribution in [3.63, 3.8) is 0 Å². The van der Waals surface area contributed by atoms with Gasteiger partial charge in [0.1, 0.15) is 5.60 Å². The van der Waals surface area contributed by atoms with Gasteiger partial charge >= 0.3 is 0 Å². The second kappa shape index (κ2) is 5.02. The predicted octanol–water partition coefficient (Wildman–Crippen LogP) is 2.04. The minimum atomic E-state index is -1.09. The normalized spacial score (nSPS) is 18.6. The Hall–Kier alpha value is -1.26. The third-order valence-corrected chi connectivity index (χ3v) is 3.76. The summed E-state index contributed by atoms with van der Waals surface area (Å²) in [6, 6.07) is 5.56. The molecule has 0 fully saturated rings. The van der Waals surface area contributed by atoms with Crippen molar-refractivity contribution in [3.8, 4) is 11.5 Å². The average molecular weight is 265 g/mol. The fraction of sp³-hybridized carbons (Fsp3) is 0.600. The van der Waals surface area contributed by atoms with Crippen LogP contribution in [0.3, 0.4) is 0 Å². The summed E-state index contributed by atoms with van der Waals surface area (Å²) >= 11 is 0. The van der Waals surface area contributed by atoms with Gasteiger partial charge in [0.05, 0.1) is 13.2 Å². The van der Waals surface area contributed by atoms with E-state index in [1.807, 2.05) is 39.0 Å². The minimum Gasteiger partial charge on any atom is -0.490 e. The molecule has 0 aromatic heterocycles. The van der Waals surface area contributed by atoms with E-state index in [4.69, 9.17) is 15.2 Å². The molecule has 0 saturated heterocycles. The molecule has 19 heavy (non-hydrogen) atoms. The number of ether oxygens (including phenoxy) is 2. The van der Waals surface area contributed by atoms with E-state index in [2.05, 4.69) is 0 Å². The molecule has 0 aliphatic carbocycles. The number of benzene rings is 1. The van der Waals surface area contributed by atoms with Gasteiger partial charge in [-0.2, -0.15) is 0 Å². The largest absolute Gasteiger partial charge is 0.490 e. The van der Waals surface area contributed by atoms with Crippen LogP contribution >= 0.6 is 0 Å². The molecule has 1 unspecified atom stereocenters. The minimum absolute atomic E-state index is 0.163. The standard InChI is InChI=1S/C15H23NO3/c1-14(2,3)15(17,10-16)11-5-6-12-13(9-11)19-8-4-7-18-12/h5-6,9,17H,4,7-8,10,16H2,1-3H3. The molecule has 1 atom stereocenters. The molecule has 4 nitrogen and oxygen atoms in total. The Morgan fingerprint density at radius 1 is 1.16 bits per heavy atom. The van der Waals surface area contributed by atoms with Crippen LogP contribution in [0.25, 0.3) is 0 Å². The molecular formula is C15H23NO3. The number of rotatable bonds is 2. The van der Waals surface area contributed by atoms with Crippen LogP contribution in [0.1, 0.15) is 32.8 Å². The fourth-order valence-corrected chi connectivity index (χ4v) is 2.28. The van der Waals surface area contributed by atoms with Gasteiger partial charge in [0.2, 0.25) is 0 Å². The molecule has 1 heterocycles. The van der Waals surface area contributed by atoms with Crippen LogP contribution in [0.2, 0.25) is 0 Å². The summed E-state index contributed by atoms with van der Waals surface area (Å²) < 4.78 is 11.3. The first-order valence-electron chi connectivity index (χ1n) is 6.71. The molecule has 0 spiro atoms. The number of fused-ring (bicyclic) bond motifs is 1. The van der Waals surface area contributed by atoms with Gasteiger partial charge in [-0.1, -0.05) is 26.8 Å². The summed E-state index contributed by atoms with van der Waals surface area (Å²) in [4.78, 5) is 0. The number of hydrogen-bond donors (Lipinski definition) is 2. The second-order valence-electron chi connectivity index (χ2n) is 6.03. The first kappa shape index (κ1) is 14.2. The van der Waals surface area contributed by atoms with Gasteiger partial charge in [0, 0.05) is 13.0 Å². The van der Waals surface area contributed by atoms with Crippen LogP contribution in [-0.2, 0) is 5.60 Å². The van der Waals surface area contributed by atoms with Crippen LogP contribution in [-0.4, -0.2) is 24.9 Å². The molecule has 2 rings (SSSR count). The molecular weight excluding hydrogens is 242 g/mol. The van der Waals surface area contributed by atoms with E-state index >= 15 is 0 Å². The van der Waals surface area contributed by atoms with Crippen LogP contribution < -0.4 is 15.2 Å². The molecule has 4 heteroatoms. The Labute approximate surface area is 114 Å². The smallest absolute Gasteiger partial charge is 0.161 e. The van der Waals surface area contributed by atoms with E-state index in [0.29, 0.717) is 19.0 Å². The number of nitrogens with two attached hydrogens (primary N) is 1. The molecule has 1 aliphatic heterocycles.